The van der Waals surface area contributed by atoms with Gasteiger partial charge in [-0.25, -0.2) is 9.37 Å². The highest BCUT2D eigenvalue weighted by Gasteiger charge is 2.31. The highest BCUT2D eigenvalue weighted by atomic mass is 79.9. The zero-order valence-corrected chi connectivity index (χ0v) is 14.2. The Labute approximate surface area is 146 Å². The third-order valence-corrected chi connectivity index (χ3v) is 4.87. The third kappa shape index (κ3) is 2.24. The fourth-order valence-electron chi connectivity index (χ4n) is 2.94. The summed E-state index contributed by atoms with van der Waals surface area (Å²) in [6, 6.07) is 13.9. The largest absolute Gasteiger partial charge is 0.302 e. The molecule has 1 aliphatic rings. The first-order valence-corrected chi connectivity index (χ1v) is 8.19. The van der Waals surface area contributed by atoms with Crippen LogP contribution < -0.4 is 0 Å². The van der Waals surface area contributed by atoms with Crippen LogP contribution in [-0.2, 0) is 6.54 Å². The Kier molecular flexibility index (Phi) is 3.46. The molecule has 0 bridgehead atoms. The minimum Gasteiger partial charge on any atom is -0.302 e. The molecule has 1 aromatic heterocycles. The molecule has 3 nitrogen and oxygen atoms in total. The molecule has 0 saturated carbocycles. The molecule has 118 valence electrons. The lowest BCUT2D eigenvalue weighted by Gasteiger charge is -2.18. The number of halogens is 2. The molecule has 0 saturated heterocycles. The van der Waals surface area contributed by atoms with Crippen molar-refractivity contribution in [3.8, 4) is 0 Å². The Morgan fingerprint density at radius 3 is 2.62 bits per heavy atom. The zero-order valence-electron chi connectivity index (χ0n) is 12.6. The topological polar surface area (TPSA) is 33.2 Å². The summed E-state index contributed by atoms with van der Waals surface area (Å²) in [6.45, 7) is 4.31. The average Bonchev–Trinajstić information content (AvgIpc) is 2.82. The summed E-state index contributed by atoms with van der Waals surface area (Å²) in [7, 11) is 0. The molecule has 0 aliphatic carbocycles. The normalized spacial score (nSPS) is 13.7. The SMILES string of the molecule is C=C1c2ccccc2C(=O)N1Cc1nc2cccc(F)c2cc1Br. The monoisotopic (exact) mass is 382 g/mol. The number of pyridine rings is 1. The van der Waals surface area contributed by atoms with Crippen LogP contribution in [0.4, 0.5) is 4.39 Å². The van der Waals surface area contributed by atoms with Gasteiger partial charge in [-0.05, 0) is 40.2 Å². The van der Waals surface area contributed by atoms with E-state index in [9.17, 15) is 9.18 Å². The second-order valence-corrected chi connectivity index (χ2v) is 6.46. The molecule has 1 amide bonds. The van der Waals surface area contributed by atoms with Gasteiger partial charge in [0, 0.05) is 26.7 Å². The van der Waals surface area contributed by atoms with Crippen LogP contribution in [0.1, 0.15) is 21.6 Å². The Hall–Kier alpha value is -2.53. The minimum absolute atomic E-state index is 0.0939. The lowest BCUT2D eigenvalue weighted by Crippen LogP contribution is -2.23. The van der Waals surface area contributed by atoms with Crippen molar-refractivity contribution < 1.29 is 9.18 Å². The first kappa shape index (κ1) is 15.0. The maximum absolute atomic E-state index is 13.9. The van der Waals surface area contributed by atoms with Gasteiger partial charge in [0.15, 0.2) is 0 Å². The Bertz CT molecular complexity index is 980. The van der Waals surface area contributed by atoms with E-state index < -0.39 is 0 Å². The van der Waals surface area contributed by atoms with Gasteiger partial charge >= 0.3 is 0 Å². The number of rotatable bonds is 2. The first-order chi connectivity index (χ1) is 11.6. The van der Waals surface area contributed by atoms with Crippen LogP contribution in [0.5, 0.6) is 0 Å². The molecule has 0 atom stereocenters. The summed E-state index contributed by atoms with van der Waals surface area (Å²) in [5, 5.41) is 0.447. The fraction of sp³-hybridized carbons (Fsp3) is 0.0526. The van der Waals surface area contributed by atoms with Crippen molar-refractivity contribution in [3.63, 3.8) is 0 Å². The molecule has 0 N–H and O–H groups in total. The molecule has 0 fully saturated rings. The molecular weight excluding hydrogens is 371 g/mol. The predicted octanol–water partition coefficient (Wildman–Crippen LogP) is 4.76. The Morgan fingerprint density at radius 1 is 1.12 bits per heavy atom. The van der Waals surface area contributed by atoms with E-state index in [2.05, 4.69) is 27.5 Å². The first-order valence-electron chi connectivity index (χ1n) is 7.40. The second-order valence-electron chi connectivity index (χ2n) is 5.61. The zero-order chi connectivity index (χ0) is 16.8. The molecule has 0 unspecified atom stereocenters. The molecule has 24 heavy (non-hydrogen) atoms. The number of fused-ring (bicyclic) bond motifs is 2. The van der Waals surface area contributed by atoms with Gasteiger partial charge in [0.25, 0.3) is 5.91 Å². The standard InChI is InChI=1S/C19H12BrFN2O/c1-11-12-5-2-3-6-13(12)19(24)23(11)10-18-15(20)9-14-16(21)7-4-8-17(14)22-18/h2-9H,1,10H2. The summed E-state index contributed by atoms with van der Waals surface area (Å²) in [6.07, 6.45) is 0. The minimum atomic E-state index is -0.318. The Morgan fingerprint density at radius 2 is 1.88 bits per heavy atom. The number of amides is 1. The quantitative estimate of drug-likeness (QED) is 0.639. The van der Waals surface area contributed by atoms with Gasteiger partial charge in [-0.3, -0.25) is 4.79 Å². The van der Waals surface area contributed by atoms with Crippen molar-refractivity contribution in [2.45, 2.75) is 6.54 Å². The van der Waals surface area contributed by atoms with Crippen molar-refractivity contribution >= 4 is 38.4 Å². The van der Waals surface area contributed by atoms with Gasteiger partial charge in [-0.1, -0.05) is 30.8 Å². The van der Waals surface area contributed by atoms with Gasteiger partial charge in [0.1, 0.15) is 5.82 Å². The number of benzene rings is 2. The van der Waals surface area contributed by atoms with Gasteiger partial charge in [-0.15, -0.1) is 0 Å². The fourth-order valence-corrected chi connectivity index (χ4v) is 3.38. The molecule has 1 aliphatic heterocycles. The van der Waals surface area contributed by atoms with Gasteiger partial charge < -0.3 is 4.90 Å². The molecule has 3 aromatic rings. The van der Waals surface area contributed by atoms with Crippen LogP contribution in [0.3, 0.4) is 0 Å². The van der Waals surface area contributed by atoms with Crippen LogP contribution in [0.15, 0.2) is 59.6 Å². The average molecular weight is 383 g/mol. The smallest absolute Gasteiger partial charge is 0.259 e. The molecule has 2 heterocycles. The van der Waals surface area contributed by atoms with E-state index in [1.807, 2.05) is 18.2 Å². The van der Waals surface area contributed by atoms with E-state index in [4.69, 9.17) is 0 Å². The van der Waals surface area contributed by atoms with Crippen LogP contribution in [0.2, 0.25) is 0 Å². The lowest BCUT2D eigenvalue weighted by atomic mass is 10.1. The summed E-state index contributed by atoms with van der Waals surface area (Å²) in [4.78, 5) is 18.7. The molecule has 2 aromatic carbocycles. The number of hydrogen-bond acceptors (Lipinski definition) is 2. The molecule has 4 rings (SSSR count). The van der Waals surface area contributed by atoms with E-state index in [0.717, 1.165) is 5.56 Å². The van der Waals surface area contributed by atoms with Crippen molar-refractivity contribution in [1.29, 1.82) is 0 Å². The third-order valence-electron chi connectivity index (χ3n) is 4.18. The summed E-state index contributed by atoms with van der Waals surface area (Å²) in [5.74, 6) is -0.412. The van der Waals surface area contributed by atoms with E-state index in [-0.39, 0.29) is 18.3 Å². The van der Waals surface area contributed by atoms with Gasteiger partial charge in [-0.2, -0.15) is 0 Å². The number of carbonyl (C=O) groups is 1. The van der Waals surface area contributed by atoms with Crippen molar-refractivity contribution in [1.82, 2.24) is 9.88 Å². The van der Waals surface area contributed by atoms with Crippen LogP contribution in [0, 0.1) is 5.82 Å². The molecule has 5 heteroatoms. The number of hydrogen-bond donors (Lipinski definition) is 0. The summed E-state index contributed by atoms with van der Waals surface area (Å²) in [5.41, 5.74) is 3.36. The van der Waals surface area contributed by atoms with E-state index in [1.165, 1.54) is 6.07 Å². The predicted molar refractivity (Wildman–Crippen MR) is 94.8 cm³/mol. The van der Waals surface area contributed by atoms with Crippen molar-refractivity contribution in [3.05, 3.63) is 82.2 Å². The molecular formula is C19H12BrFN2O. The molecule has 0 spiro atoms. The molecule has 0 radical (unpaired) electrons. The summed E-state index contributed by atoms with van der Waals surface area (Å²) < 4.78 is 14.5. The maximum atomic E-state index is 13.9. The van der Waals surface area contributed by atoms with E-state index in [1.54, 1.807) is 29.2 Å². The van der Waals surface area contributed by atoms with Crippen LogP contribution in [-0.4, -0.2) is 15.8 Å². The maximum Gasteiger partial charge on any atom is 0.259 e. The summed E-state index contributed by atoms with van der Waals surface area (Å²) >= 11 is 3.44. The Balaban J connectivity index is 1.74. The van der Waals surface area contributed by atoms with Gasteiger partial charge in [0.2, 0.25) is 0 Å². The van der Waals surface area contributed by atoms with Crippen molar-refractivity contribution in [2.75, 3.05) is 0 Å². The number of aromatic nitrogens is 1. The highest BCUT2D eigenvalue weighted by molar-refractivity contribution is 9.10. The van der Waals surface area contributed by atoms with Crippen LogP contribution >= 0.6 is 15.9 Å². The van der Waals surface area contributed by atoms with Gasteiger partial charge in [0.05, 0.1) is 17.8 Å². The second kappa shape index (κ2) is 5.53. The number of nitrogens with zero attached hydrogens (tertiary/aromatic N) is 2. The number of carbonyl (C=O) groups excluding carboxylic acids is 1. The van der Waals surface area contributed by atoms with E-state index in [0.29, 0.717) is 32.3 Å². The lowest BCUT2D eigenvalue weighted by molar-refractivity contribution is 0.0842. The van der Waals surface area contributed by atoms with Crippen LogP contribution in [0.25, 0.3) is 16.6 Å². The van der Waals surface area contributed by atoms with Crippen molar-refractivity contribution in [2.24, 2.45) is 0 Å². The van der Waals surface area contributed by atoms with E-state index >= 15 is 0 Å². The highest BCUT2D eigenvalue weighted by Crippen LogP contribution is 2.34.